The first-order valence-electron chi connectivity index (χ1n) is 4.94. The first-order valence-corrected chi connectivity index (χ1v) is 5.57. The third kappa shape index (κ3) is 3.59. The van der Waals surface area contributed by atoms with E-state index >= 15 is 0 Å². The Bertz CT molecular complexity index is 181. The van der Waals surface area contributed by atoms with Crippen molar-refractivity contribution in [1.82, 2.24) is 5.32 Å². The number of amides is 1. The molecule has 13 heavy (non-hydrogen) atoms. The second kappa shape index (κ2) is 4.36. The molecule has 76 valence electrons. The van der Waals surface area contributed by atoms with E-state index in [0.717, 1.165) is 12.8 Å². The smallest absolute Gasteiger partial charge is 0.229 e. The zero-order valence-corrected chi connectivity index (χ0v) is 9.36. The maximum Gasteiger partial charge on any atom is 0.229 e. The first-order chi connectivity index (χ1) is 6.03. The minimum Gasteiger partial charge on any atom is -0.353 e. The molecule has 1 amide bonds. The molecule has 2 nitrogen and oxygen atoms in total. The van der Waals surface area contributed by atoms with Gasteiger partial charge in [-0.05, 0) is 31.1 Å². The number of hydrogen-bond donors (Lipinski definition) is 2. The third-order valence-corrected chi connectivity index (χ3v) is 3.14. The van der Waals surface area contributed by atoms with Crippen LogP contribution in [0.15, 0.2) is 0 Å². The number of rotatable bonds is 2. The van der Waals surface area contributed by atoms with E-state index in [1.54, 1.807) is 0 Å². The lowest BCUT2D eigenvalue weighted by Crippen LogP contribution is -2.39. The molecule has 3 heteroatoms. The van der Waals surface area contributed by atoms with Crippen molar-refractivity contribution in [2.75, 3.05) is 5.75 Å². The van der Waals surface area contributed by atoms with Gasteiger partial charge in [0.25, 0.3) is 0 Å². The van der Waals surface area contributed by atoms with Crippen LogP contribution >= 0.6 is 12.6 Å². The minimum absolute atomic E-state index is 0.0630. The maximum absolute atomic E-state index is 11.1. The monoisotopic (exact) mass is 201 g/mol. The number of nitrogens with one attached hydrogen (secondary N) is 1. The van der Waals surface area contributed by atoms with Crippen LogP contribution in [-0.2, 0) is 4.79 Å². The zero-order chi connectivity index (χ0) is 9.90. The molecule has 1 rings (SSSR count). The average molecular weight is 201 g/mol. The van der Waals surface area contributed by atoms with Crippen LogP contribution < -0.4 is 5.32 Å². The Hall–Kier alpha value is -0.180. The summed E-state index contributed by atoms with van der Waals surface area (Å²) >= 11 is 3.94. The maximum atomic E-state index is 11.1. The molecular formula is C10H19NOS. The normalized spacial score (nSPS) is 22.7. The van der Waals surface area contributed by atoms with Crippen LogP contribution in [0.25, 0.3) is 0 Å². The molecule has 1 fully saturated rings. The highest BCUT2D eigenvalue weighted by Crippen LogP contribution is 2.34. The van der Waals surface area contributed by atoms with Crippen molar-refractivity contribution in [3.63, 3.8) is 0 Å². The standard InChI is InChI=1S/C10H19NOS/c1-10(2)5-3-8(4-6-10)11-9(12)7-13/h8,13H,3-7H2,1-2H3,(H,11,12). The number of carbonyl (C=O) groups is 1. The molecular weight excluding hydrogens is 182 g/mol. The number of thiol groups is 1. The lowest BCUT2D eigenvalue weighted by molar-refractivity contribution is -0.119. The molecule has 1 aliphatic carbocycles. The van der Waals surface area contributed by atoms with Gasteiger partial charge in [0.2, 0.25) is 5.91 Å². The summed E-state index contributed by atoms with van der Waals surface area (Å²) in [6.45, 7) is 4.59. The Labute approximate surface area is 85.9 Å². The van der Waals surface area contributed by atoms with Gasteiger partial charge >= 0.3 is 0 Å². The minimum atomic E-state index is 0.0630. The summed E-state index contributed by atoms with van der Waals surface area (Å²) in [5, 5.41) is 2.99. The summed E-state index contributed by atoms with van der Waals surface area (Å²) in [6.07, 6.45) is 4.66. The van der Waals surface area contributed by atoms with Gasteiger partial charge in [0.15, 0.2) is 0 Å². The second-order valence-corrected chi connectivity index (χ2v) is 4.98. The van der Waals surface area contributed by atoms with Crippen LogP contribution in [0.2, 0.25) is 0 Å². The van der Waals surface area contributed by atoms with E-state index in [9.17, 15) is 4.79 Å². The largest absolute Gasteiger partial charge is 0.353 e. The average Bonchev–Trinajstić information content (AvgIpc) is 2.08. The highest BCUT2D eigenvalue weighted by atomic mass is 32.1. The highest BCUT2D eigenvalue weighted by molar-refractivity contribution is 7.81. The second-order valence-electron chi connectivity index (χ2n) is 4.66. The molecule has 0 bridgehead atoms. The predicted molar refractivity (Wildman–Crippen MR) is 58.0 cm³/mol. The highest BCUT2D eigenvalue weighted by Gasteiger charge is 2.27. The van der Waals surface area contributed by atoms with E-state index in [1.807, 2.05) is 0 Å². The Morgan fingerprint density at radius 1 is 1.46 bits per heavy atom. The molecule has 1 N–H and O–H groups in total. The summed E-state index contributed by atoms with van der Waals surface area (Å²) in [5.41, 5.74) is 0.474. The van der Waals surface area contributed by atoms with Crippen molar-refractivity contribution in [3.05, 3.63) is 0 Å². The van der Waals surface area contributed by atoms with Gasteiger partial charge in [-0.3, -0.25) is 4.79 Å². The number of carbonyl (C=O) groups excluding carboxylic acids is 1. The van der Waals surface area contributed by atoms with Crippen molar-refractivity contribution >= 4 is 18.5 Å². The Balaban J connectivity index is 2.29. The van der Waals surface area contributed by atoms with Gasteiger partial charge in [-0.2, -0.15) is 12.6 Å². The molecule has 0 aromatic rings. The molecule has 1 aliphatic rings. The summed E-state index contributed by atoms with van der Waals surface area (Å²) in [6, 6.07) is 0.396. The van der Waals surface area contributed by atoms with E-state index in [4.69, 9.17) is 0 Å². The van der Waals surface area contributed by atoms with E-state index < -0.39 is 0 Å². The van der Waals surface area contributed by atoms with Crippen molar-refractivity contribution in [2.24, 2.45) is 5.41 Å². The van der Waals surface area contributed by atoms with Crippen molar-refractivity contribution < 1.29 is 4.79 Å². The Morgan fingerprint density at radius 3 is 2.46 bits per heavy atom. The van der Waals surface area contributed by atoms with Gasteiger partial charge < -0.3 is 5.32 Å². The lowest BCUT2D eigenvalue weighted by atomic mass is 9.75. The third-order valence-electron chi connectivity index (χ3n) is 2.85. The zero-order valence-electron chi connectivity index (χ0n) is 8.47. The fourth-order valence-electron chi connectivity index (χ4n) is 1.82. The molecule has 0 unspecified atom stereocenters. The van der Waals surface area contributed by atoms with Gasteiger partial charge in [-0.15, -0.1) is 0 Å². The molecule has 0 spiro atoms. The van der Waals surface area contributed by atoms with Crippen LogP contribution in [0.4, 0.5) is 0 Å². The van der Waals surface area contributed by atoms with Crippen LogP contribution in [0.5, 0.6) is 0 Å². The van der Waals surface area contributed by atoms with Crippen molar-refractivity contribution in [1.29, 1.82) is 0 Å². The molecule has 0 aliphatic heterocycles. The van der Waals surface area contributed by atoms with Gasteiger partial charge in [-0.25, -0.2) is 0 Å². The lowest BCUT2D eigenvalue weighted by Gasteiger charge is -2.34. The van der Waals surface area contributed by atoms with E-state index in [0.29, 0.717) is 17.2 Å². The molecule has 0 saturated heterocycles. The van der Waals surface area contributed by atoms with E-state index in [1.165, 1.54) is 12.8 Å². The van der Waals surface area contributed by atoms with Gasteiger partial charge in [-0.1, -0.05) is 13.8 Å². The topological polar surface area (TPSA) is 29.1 Å². The molecule has 0 atom stereocenters. The summed E-state index contributed by atoms with van der Waals surface area (Å²) in [4.78, 5) is 11.1. The SMILES string of the molecule is CC1(C)CCC(NC(=O)CS)CC1. The predicted octanol–water partition coefficient (Wildman–Crippen LogP) is 2.00. The number of hydrogen-bond acceptors (Lipinski definition) is 2. The van der Waals surface area contributed by atoms with Crippen LogP contribution in [0, 0.1) is 5.41 Å². The quantitative estimate of drug-likeness (QED) is 0.657. The molecule has 0 radical (unpaired) electrons. The van der Waals surface area contributed by atoms with Gasteiger partial charge in [0.1, 0.15) is 0 Å². The Morgan fingerprint density at radius 2 is 2.00 bits per heavy atom. The fourth-order valence-corrected chi connectivity index (χ4v) is 1.91. The molecule has 0 aromatic carbocycles. The molecule has 0 aromatic heterocycles. The van der Waals surface area contributed by atoms with Crippen LogP contribution in [0.3, 0.4) is 0 Å². The van der Waals surface area contributed by atoms with E-state index in [2.05, 4.69) is 31.8 Å². The van der Waals surface area contributed by atoms with Crippen molar-refractivity contribution in [3.8, 4) is 0 Å². The van der Waals surface area contributed by atoms with E-state index in [-0.39, 0.29) is 5.91 Å². The summed E-state index contributed by atoms with van der Waals surface area (Å²) in [7, 11) is 0. The van der Waals surface area contributed by atoms with Crippen LogP contribution in [0.1, 0.15) is 39.5 Å². The van der Waals surface area contributed by atoms with Crippen LogP contribution in [-0.4, -0.2) is 17.7 Å². The van der Waals surface area contributed by atoms with Crippen molar-refractivity contribution in [2.45, 2.75) is 45.6 Å². The first kappa shape index (κ1) is 10.9. The fraction of sp³-hybridized carbons (Fsp3) is 0.900. The van der Waals surface area contributed by atoms with Gasteiger partial charge in [0, 0.05) is 6.04 Å². The Kier molecular flexibility index (Phi) is 3.65. The molecule has 1 saturated carbocycles. The summed E-state index contributed by atoms with van der Waals surface area (Å²) in [5.74, 6) is 0.368. The molecule has 0 heterocycles. The van der Waals surface area contributed by atoms with Gasteiger partial charge in [0.05, 0.1) is 5.75 Å². The summed E-state index contributed by atoms with van der Waals surface area (Å²) < 4.78 is 0.